The Morgan fingerprint density at radius 2 is 2.31 bits per heavy atom. The molecule has 0 aliphatic carbocycles. The second kappa shape index (κ2) is 4.53. The van der Waals surface area contributed by atoms with Gasteiger partial charge in [-0.2, -0.15) is 0 Å². The van der Waals surface area contributed by atoms with Crippen molar-refractivity contribution in [1.29, 1.82) is 0 Å². The number of ether oxygens (including phenoxy) is 2. The summed E-state index contributed by atoms with van der Waals surface area (Å²) in [6.45, 7) is 5.30. The molecule has 2 rings (SSSR count). The molecule has 0 saturated carbocycles. The average Bonchev–Trinajstić information content (AvgIpc) is 2.62. The molecule has 0 spiro atoms. The Hall–Kier alpha value is -0.900. The van der Waals surface area contributed by atoms with Crippen LogP contribution in [0, 0.1) is 6.92 Å². The highest BCUT2D eigenvalue weighted by Crippen LogP contribution is 2.34. The molecule has 0 bridgehead atoms. The smallest absolute Gasteiger partial charge is 0.192 e. The van der Waals surface area contributed by atoms with E-state index in [0.717, 1.165) is 12.0 Å². The summed E-state index contributed by atoms with van der Waals surface area (Å²) in [6.07, 6.45) is 0.969. The Morgan fingerprint density at radius 1 is 1.50 bits per heavy atom. The Bertz CT molecular complexity index is 367. The molecule has 1 saturated heterocycles. The van der Waals surface area contributed by atoms with Crippen LogP contribution in [0.25, 0.3) is 0 Å². The largest absolute Gasteiger partial charge is 0.343 e. The van der Waals surface area contributed by atoms with Crippen molar-refractivity contribution in [3.05, 3.63) is 35.4 Å². The Kier molecular flexibility index (Phi) is 3.28. The predicted molar refractivity (Wildman–Crippen MR) is 63.0 cm³/mol. The predicted octanol–water partition coefficient (Wildman–Crippen LogP) is 1.93. The number of benzene rings is 1. The van der Waals surface area contributed by atoms with E-state index in [1.807, 2.05) is 19.1 Å². The van der Waals surface area contributed by atoms with Gasteiger partial charge in [0.25, 0.3) is 0 Å². The van der Waals surface area contributed by atoms with Crippen LogP contribution in [0.3, 0.4) is 0 Å². The van der Waals surface area contributed by atoms with Crippen LogP contribution in [0.4, 0.5) is 0 Å². The normalized spacial score (nSPS) is 29.6. The monoisotopic (exact) mass is 221 g/mol. The molecule has 1 aliphatic rings. The molecular weight excluding hydrogens is 202 g/mol. The van der Waals surface area contributed by atoms with Gasteiger partial charge in [-0.3, -0.25) is 0 Å². The third kappa shape index (κ3) is 2.26. The summed E-state index contributed by atoms with van der Waals surface area (Å²) < 4.78 is 11.7. The van der Waals surface area contributed by atoms with Gasteiger partial charge in [0.15, 0.2) is 5.79 Å². The summed E-state index contributed by atoms with van der Waals surface area (Å²) in [5.74, 6) is -0.605. The second-order valence-electron chi connectivity index (χ2n) is 4.44. The van der Waals surface area contributed by atoms with E-state index in [-0.39, 0.29) is 6.10 Å². The first-order valence-electron chi connectivity index (χ1n) is 5.73. The summed E-state index contributed by atoms with van der Waals surface area (Å²) in [7, 11) is 0. The number of hydrogen-bond donors (Lipinski definition) is 1. The first-order valence-corrected chi connectivity index (χ1v) is 5.73. The summed E-state index contributed by atoms with van der Waals surface area (Å²) in [5, 5.41) is 0. The molecule has 1 aromatic carbocycles. The van der Waals surface area contributed by atoms with Crippen molar-refractivity contribution < 1.29 is 9.47 Å². The lowest BCUT2D eigenvalue weighted by Crippen LogP contribution is -2.24. The van der Waals surface area contributed by atoms with Crippen LogP contribution in [-0.4, -0.2) is 19.3 Å². The van der Waals surface area contributed by atoms with Crippen LogP contribution in [-0.2, 0) is 15.3 Å². The lowest BCUT2D eigenvalue weighted by molar-refractivity contribution is -0.162. The quantitative estimate of drug-likeness (QED) is 0.848. The SMILES string of the molecule is Cc1cccc(C2(C)OCC(CCN)O2)c1. The molecule has 0 amide bonds. The molecule has 1 fully saturated rings. The maximum Gasteiger partial charge on any atom is 0.192 e. The minimum Gasteiger partial charge on any atom is -0.343 e. The highest BCUT2D eigenvalue weighted by atomic mass is 16.7. The zero-order chi connectivity index (χ0) is 11.6. The van der Waals surface area contributed by atoms with Crippen LogP contribution >= 0.6 is 0 Å². The van der Waals surface area contributed by atoms with Gasteiger partial charge in [0, 0.05) is 5.56 Å². The lowest BCUT2D eigenvalue weighted by Gasteiger charge is -2.24. The maximum atomic E-state index is 5.93. The van der Waals surface area contributed by atoms with Crippen molar-refractivity contribution in [2.75, 3.05) is 13.2 Å². The van der Waals surface area contributed by atoms with Crippen LogP contribution in [0.5, 0.6) is 0 Å². The van der Waals surface area contributed by atoms with E-state index < -0.39 is 5.79 Å². The molecule has 1 heterocycles. The van der Waals surface area contributed by atoms with Crippen molar-refractivity contribution in [3.8, 4) is 0 Å². The van der Waals surface area contributed by atoms with E-state index in [0.29, 0.717) is 13.2 Å². The number of rotatable bonds is 3. The lowest BCUT2D eigenvalue weighted by atomic mass is 10.1. The van der Waals surface area contributed by atoms with E-state index in [1.54, 1.807) is 0 Å². The third-order valence-electron chi connectivity index (χ3n) is 2.97. The zero-order valence-corrected chi connectivity index (χ0v) is 9.90. The van der Waals surface area contributed by atoms with Crippen molar-refractivity contribution >= 4 is 0 Å². The van der Waals surface area contributed by atoms with Gasteiger partial charge in [-0.05, 0) is 26.8 Å². The summed E-state index contributed by atoms with van der Waals surface area (Å²) >= 11 is 0. The van der Waals surface area contributed by atoms with Crippen molar-refractivity contribution in [2.45, 2.75) is 32.2 Å². The maximum absolute atomic E-state index is 5.93. The van der Waals surface area contributed by atoms with E-state index in [4.69, 9.17) is 15.2 Å². The van der Waals surface area contributed by atoms with E-state index in [9.17, 15) is 0 Å². The van der Waals surface area contributed by atoms with Crippen molar-refractivity contribution in [3.63, 3.8) is 0 Å². The van der Waals surface area contributed by atoms with Gasteiger partial charge >= 0.3 is 0 Å². The van der Waals surface area contributed by atoms with E-state index in [1.165, 1.54) is 5.56 Å². The molecular formula is C13H19NO2. The van der Waals surface area contributed by atoms with Gasteiger partial charge in [0.2, 0.25) is 0 Å². The molecule has 2 N–H and O–H groups in total. The van der Waals surface area contributed by atoms with Gasteiger partial charge in [0.05, 0.1) is 12.7 Å². The molecule has 3 nitrogen and oxygen atoms in total. The standard InChI is InChI=1S/C13H19NO2/c1-10-4-3-5-11(8-10)13(2)15-9-12(16-13)6-7-14/h3-5,8,12H,6-7,9,14H2,1-2H3. The molecule has 1 aromatic rings. The molecule has 1 aliphatic heterocycles. The van der Waals surface area contributed by atoms with Crippen molar-refractivity contribution in [1.82, 2.24) is 0 Å². The van der Waals surface area contributed by atoms with Gasteiger partial charge in [-0.1, -0.05) is 29.8 Å². The highest BCUT2D eigenvalue weighted by Gasteiger charge is 2.38. The summed E-state index contributed by atoms with van der Waals surface area (Å²) in [4.78, 5) is 0. The number of nitrogens with two attached hydrogens (primary N) is 1. The van der Waals surface area contributed by atoms with E-state index >= 15 is 0 Å². The fraction of sp³-hybridized carbons (Fsp3) is 0.538. The topological polar surface area (TPSA) is 44.5 Å². The van der Waals surface area contributed by atoms with Gasteiger partial charge in [-0.25, -0.2) is 0 Å². The fourth-order valence-electron chi connectivity index (χ4n) is 2.05. The van der Waals surface area contributed by atoms with Gasteiger partial charge in [-0.15, -0.1) is 0 Å². The van der Waals surface area contributed by atoms with Crippen LogP contribution in [0.2, 0.25) is 0 Å². The third-order valence-corrected chi connectivity index (χ3v) is 2.97. The zero-order valence-electron chi connectivity index (χ0n) is 9.90. The van der Waals surface area contributed by atoms with Crippen molar-refractivity contribution in [2.24, 2.45) is 5.73 Å². The van der Waals surface area contributed by atoms with Crippen LogP contribution < -0.4 is 5.73 Å². The minimum absolute atomic E-state index is 0.121. The molecule has 3 heteroatoms. The Balaban J connectivity index is 2.15. The average molecular weight is 221 g/mol. The van der Waals surface area contributed by atoms with Gasteiger partial charge < -0.3 is 15.2 Å². The van der Waals surface area contributed by atoms with E-state index in [2.05, 4.69) is 19.1 Å². The molecule has 2 unspecified atom stereocenters. The first-order chi connectivity index (χ1) is 7.64. The number of hydrogen-bond acceptors (Lipinski definition) is 3. The Labute approximate surface area is 96.5 Å². The summed E-state index contributed by atoms with van der Waals surface area (Å²) in [5.41, 5.74) is 7.82. The second-order valence-corrected chi connectivity index (χ2v) is 4.44. The fourth-order valence-corrected chi connectivity index (χ4v) is 2.05. The minimum atomic E-state index is -0.605. The number of aryl methyl sites for hydroxylation is 1. The van der Waals surface area contributed by atoms with Gasteiger partial charge in [0.1, 0.15) is 0 Å². The molecule has 16 heavy (non-hydrogen) atoms. The van der Waals surface area contributed by atoms with Crippen LogP contribution in [0.1, 0.15) is 24.5 Å². The molecule has 0 radical (unpaired) electrons. The molecule has 88 valence electrons. The highest BCUT2D eigenvalue weighted by molar-refractivity contribution is 5.26. The summed E-state index contributed by atoms with van der Waals surface area (Å²) in [6, 6.07) is 8.24. The Morgan fingerprint density at radius 3 is 3.00 bits per heavy atom. The van der Waals surface area contributed by atoms with Crippen LogP contribution in [0.15, 0.2) is 24.3 Å². The molecule has 0 aromatic heterocycles. The molecule has 2 atom stereocenters. The first kappa shape index (κ1) is 11.6.